The summed E-state index contributed by atoms with van der Waals surface area (Å²) in [7, 11) is 0. The summed E-state index contributed by atoms with van der Waals surface area (Å²) in [6, 6.07) is 14.1. The first kappa shape index (κ1) is 19.6. The fraction of sp³-hybridized carbons (Fsp3) is 0.458. The van der Waals surface area contributed by atoms with Gasteiger partial charge in [0.05, 0.1) is 12.3 Å². The highest BCUT2D eigenvalue weighted by Gasteiger charge is 2.53. The SMILES string of the molecule is O=C1CC(C(=O)N(CCc2ccccc2)Cc2cccnc2)C2(CCCCC2)O1. The molecule has 1 aliphatic heterocycles. The van der Waals surface area contributed by atoms with Gasteiger partial charge in [0.25, 0.3) is 0 Å². The van der Waals surface area contributed by atoms with Gasteiger partial charge in [0, 0.05) is 25.5 Å². The van der Waals surface area contributed by atoms with Crippen molar-refractivity contribution in [3.8, 4) is 0 Å². The first-order valence-corrected chi connectivity index (χ1v) is 10.6. The molecule has 2 heterocycles. The van der Waals surface area contributed by atoms with Gasteiger partial charge >= 0.3 is 5.97 Å². The molecule has 1 aromatic heterocycles. The van der Waals surface area contributed by atoms with Gasteiger partial charge in [-0.1, -0.05) is 42.8 Å². The normalized spacial score (nSPS) is 20.4. The fourth-order valence-corrected chi connectivity index (χ4v) is 4.71. The van der Waals surface area contributed by atoms with E-state index in [-0.39, 0.29) is 24.2 Å². The standard InChI is InChI=1S/C24H28N2O3/c27-22-16-21(24(29-22)12-5-2-6-13-24)23(28)26(18-20-10-7-14-25-17-20)15-11-19-8-3-1-4-9-19/h1,3-4,7-10,14,17,21H,2,5-6,11-13,15-16,18H2. The van der Waals surface area contributed by atoms with Crippen LogP contribution in [0.3, 0.4) is 0 Å². The molecule has 0 radical (unpaired) electrons. The van der Waals surface area contributed by atoms with E-state index in [0.717, 1.165) is 44.1 Å². The maximum absolute atomic E-state index is 13.7. The smallest absolute Gasteiger partial charge is 0.307 e. The number of esters is 1. The molecule has 1 aliphatic carbocycles. The Morgan fingerprint density at radius 2 is 1.83 bits per heavy atom. The van der Waals surface area contributed by atoms with Crippen LogP contribution in [-0.2, 0) is 27.3 Å². The molecule has 152 valence electrons. The van der Waals surface area contributed by atoms with Gasteiger partial charge in [0.1, 0.15) is 5.60 Å². The summed E-state index contributed by atoms with van der Waals surface area (Å²) in [6.07, 6.45) is 9.30. The van der Waals surface area contributed by atoms with E-state index in [1.807, 2.05) is 35.2 Å². The molecule has 2 aliphatic rings. The van der Waals surface area contributed by atoms with Crippen LogP contribution in [0.25, 0.3) is 0 Å². The van der Waals surface area contributed by atoms with E-state index in [1.54, 1.807) is 12.4 Å². The molecule has 1 spiro atoms. The Morgan fingerprint density at radius 3 is 2.55 bits per heavy atom. The molecule has 1 saturated carbocycles. The van der Waals surface area contributed by atoms with Gasteiger partial charge in [0.2, 0.25) is 5.91 Å². The topological polar surface area (TPSA) is 59.5 Å². The lowest BCUT2D eigenvalue weighted by Crippen LogP contribution is -2.47. The van der Waals surface area contributed by atoms with Crippen LogP contribution >= 0.6 is 0 Å². The monoisotopic (exact) mass is 392 g/mol. The number of nitrogens with zero attached hydrogens (tertiary/aromatic N) is 2. The van der Waals surface area contributed by atoms with Gasteiger partial charge in [-0.05, 0) is 49.3 Å². The van der Waals surface area contributed by atoms with Crippen LogP contribution in [0.2, 0.25) is 0 Å². The van der Waals surface area contributed by atoms with Crippen LogP contribution in [-0.4, -0.2) is 33.9 Å². The summed E-state index contributed by atoms with van der Waals surface area (Å²) in [6.45, 7) is 1.11. The molecular formula is C24H28N2O3. The Hall–Kier alpha value is -2.69. The van der Waals surface area contributed by atoms with E-state index in [1.165, 1.54) is 5.56 Å². The molecule has 2 fully saturated rings. The largest absolute Gasteiger partial charge is 0.458 e. The summed E-state index contributed by atoms with van der Waals surface area (Å²) in [5.74, 6) is -0.560. The number of amides is 1. The average Bonchev–Trinajstić information content (AvgIpc) is 3.07. The van der Waals surface area contributed by atoms with Crippen molar-refractivity contribution in [1.82, 2.24) is 9.88 Å². The van der Waals surface area contributed by atoms with E-state index >= 15 is 0 Å². The van der Waals surface area contributed by atoms with Crippen molar-refractivity contribution in [3.63, 3.8) is 0 Å². The minimum atomic E-state index is -0.591. The number of ether oxygens (including phenoxy) is 1. The van der Waals surface area contributed by atoms with Crippen LogP contribution in [0.4, 0.5) is 0 Å². The first-order valence-electron chi connectivity index (χ1n) is 10.6. The van der Waals surface area contributed by atoms with Crippen molar-refractivity contribution in [2.24, 2.45) is 5.92 Å². The van der Waals surface area contributed by atoms with Gasteiger partial charge < -0.3 is 9.64 Å². The summed E-state index contributed by atoms with van der Waals surface area (Å²) in [4.78, 5) is 31.9. The van der Waals surface area contributed by atoms with Crippen molar-refractivity contribution in [2.45, 2.75) is 57.1 Å². The van der Waals surface area contributed by atoms with Crippen molar-refractivity contribution in [3.05, 3.63) is 66.0 Å². The van der Waals surface area contributed by atoms with E-state index < -0.39 is 5.60 Å². The van der Waals surface area contributed by atoms with Crippen LogP contribution in [0.1, 0.15) is 49.7 Å². The lowest BCUT2D eigenvalue weighted by molar-refractivity contribution is -0.156. The maximum atomic E-state index is 13.7. The molecule has 4 rings (SSSR count). The molecule has 1 atom stereocenters. The Labute approximate surface area is 172 Å². The maximum Gasteiger partial charge on any atom is 0.307 e. The lowest BCUT2D eigenvalue weighted by Gasteiger charge is -2.38. The molecule has 2 aromatic rings. The van der Waals surface area contributed by atoms with Crippen molar-refractivity contribution in [1.29, 1.82) is 0 Å². The number of carbonyl (C=O) groups is 2. The van der Waals surface area contributed by atoms with E-state index in [4.69, 9.17) is 4.74 Å². The molecule has 1 aromatic carbocycles. The van der Waals surface area contributed by atoms with Gasteiger partial charge in [0.15, 0.2) is 0 Å². The highest BCUT2D eigenvalue weighted by molar-refractivity contribution is 5.88. The predicted octanol–water partition coefficient (Wildman–Crippen LogP) is 3.92. The number of hydrogen-bond donors (Lipinski definition) is 0. The van der Waals surface area contributed by atoms with Crippen molar-refractivity contribution >= 4 is 11.9 Å². The highest BCUT2D eigenvalue weighted by Crippen LogP contribution is 2.45. The third-order valence-electron chi connectivity index (χ3n) is 6.24. The van der Waals surface area contributed by atoms with E-state index in [2.05, 4.69) is 17.1 Å². The number of pyridine rings is 1. The molecule has 1 saturated heterocycles. The molecule has 0 bridgehead atoms. The quantitative estimate of drug-likeness (QED) is 0.699. The predicted molar refractivity (Wildman–Crippen MR) is 110 cm³/mol. The Morgan fingerprint density at radius 1 is 1.07 bits per heavy atom. The molecule has 29 heavy (non-hydrogen) atoms. The van der Waals surface area contributed by atoms with E-state index in [0.29, 0.717) is 13.1 Å². The third kappa shape index (κ3) is 4.50. The summed E-state index contributed by atoms with van der Waals surface area (Å²) in [5, 5.41) is 0. The second kappa shape index (κ2) is 8.76. The second-order valence-corrected chi connectivity index (χ2v) is 8.21. The van der Waals surface area contributed by atoms with Gasteiger partial charge in [-0.25, -0.2) is 0 Å². The number of benzene rings is 1. The Balaban J connectivity index is 1.55. The minimum absolute atomic E-state index is 0.0394. The van der Waals surface area contributed by atoms with E-state index in [9.17, 15) is 9.59 Å². The summed E-state index contributed by atoms with van der Waals surface area (Å²) < 4.78 is 5.79. The molecule has 5 nitrogen and oxygen atoms in total. The van der Waals surface area contributed by atoms with Crippen LogP contribution < -0.4 is 0 Å². The van der Waals surface area contributed by atoms with Crippen LogP contribution in [0, 0.1) is 5.92 Å². The molecule has 1 unspecified atom stereocenters. The number of carbonyl (C=O) groups excluding carboxylic acids is 2. The van der Waals surface area contributed by atoms with Crippen LogP contribution in [0.15, 0.2) is 54.9 Å². The summed E-state index contributed by atoms with van der Waals surface area (Å²) >= 11 is 0. The third-order valence-corrected chi connectivity index (χ3v) is 6.24. The van der Waals surface area contributed by atoms with Gasteiger partial charge in [-0.2, -0.15) is 0 Å². The lowest BCUT2D eigenvalue weighted by atomic mass is 9.75. The van der Waals surface area contributed by atoms with Crippen molar-refractivity contribution < 1.29 is 14.3 Å². The number of rotatable bonds is 6. The molecule has 0 N–H and O–H groups in total. The number of hydrogen-bond acceptors (Lipinski definition) is 4. The Kier molecular flexibility index (Phi) is 5.93. The molecule has 1 amide bonds. The highest BCUT2D eigenvalue weighted by atomic mass is 16.6. The van der Waals surface area contributed by atoms with Gasteiger partial charge in [-0.15, -0.1) is 0 Å². The van der Waals surface area contributed by atoms with Gasteiger partial charge in [-0.3, -0.25) is 14.6 Å². The Bertz CT molecular complexity index is 832. The summed E-state index contributed by atoms with van der Waals surface area (Å²) in [5.41, 5.74) is 1.60. The molecular weight excluding hydrogens is 364 g/mol. The average molecular weight is 392 g/mol. The zero-order valence-electron chi connectivity index (χ0n) is 16.8. The fourth-order valence-electron chi connectivity index (χ4n) is 4.71. The zero-order chi connectivity index (χ0) is 20.1. The second-order valence-electron chi connectivity index (χ2n) is 8.21. The number of aromatic nitrogens is 1. The van der Waals surface area contributed by atoms with Crippen molar-refractivity contribution in [2.75, 3.05) is 6.54 Å². The van der Waals surface area contributed by atoms with Crippen LogP contribution in [0.5, 0.6) is 0 Å². The molecule has 5 heteroatoms. The zero-order valence-corrected chi connectivity index (χ0v) is 16.8. The first-order chi connectivity index (χ1) is 14.2. The minimum Gasteiger partial charge on any atom is -0.458 e.